The van der Waals surface area contributed by atoms with E-state index < -0.39 is 0 Å². The molecule has 0 saturated carbocycles. The largest absolute Gasteiger partial charge is 0.341 e. The highest BCUT2D eigenvalue weighted by Gasteiger charge is 2.21. The predicted octanol–water partition coefficient (Wildman–Crippen LogP) is 4.24. The van der Waals surface area contributed by atoms with E-state index in [0.717, 1.165) is 30.6 Å². The number of benzene rings is 2. The van der Waals surface area contributed by atoms with Gasteiger partial charge in [0.1, 0.15) is 5.82 Å². The quantitative estimate of drug-likeness (QED) is 0.893. The van der Waals surface area contributed by atoms with Crippen LogP contribution in [0, 0.1) is 12.7 Å². The molecule has 1 unspecified atom stereocenters. The first kappa shape index (κ1) is 14.1. The van der Waals surface area contributed by atoms with E-state index in [9.17, 15) is 4.39 Å². The molecular weight excluding hydrogens is 263 g/mol. The molecule has 21 heavy (non-hydrogen) atoms. The molecule has 1 atom stereocenters. The molecular formula is C18H21FN2. The summed E-state index contributed by atoms with van der Waals surface area (Å²) in [6.07, 6.45) is 2.20. The number of fused-ring (bicyclic) bond motifs is 1. The molecule has 0 bridgehead atoms. The van der Waals surface area contributed by atoms with Crippen LogP contribution in [0.15, 0.2) is 36.4 Å². The van der Waals surface area contributed by atoms with E-state index in [4.69, 9.17) is 5.73 Å². The minimum atomic E-state index is -0.229. The molecule has 0 amide bonds. The van der Waals surface area contributed by atoms with Crippen LogP contribution >= 0.6 is 0 Å². The Balaban J connectivity index is 2.11. The molecule has 0 saturated heterocycles. The number of halogens is 1. The summed E-state index contributed by atoms with van der Waals surface area (Å²) in [5, 5.41) is 0. The fourth-order valence-corrected chi connectivity index (χ4v) is 3.11. The Morgan fingerprint density at radius 2 is 1.90 bits per heavy atom. The molecule has 1 aliphatic heterocycles. The lowest BCUT2D eigenvalue weighted by atomic mass is 9.97. The Hall–Kier alpha value is -1.87. The Labute approximate surface area is 125 Å². The van der Waals surface area contributed by atoms with Gasteiger partial charge in [-0.2, -0.15) is 0 Å². The van der Waals surface area contributed by atoms with Crippen LogP contribution in [-0.2, 0) is 6.42 Å². The fourth-order valence-electron chi connectivity index (χ4n) is 3.11. The highest BCUT2D eigenvalue weighted by Crippen LogP contribution is 2.37. The number of nitrogens with zero attached hydrogens (tertiary/aromatic N) is 1. The van der Waals surface area contributed by atoms with Crippen molar-refractivity contribution >= 4 is 11.4 Å². The molecule has 0 radical (unpaired) electrons. The van der Waals surface area contributed by atoms with Gasteiger partial charge in [0.15, 0.2) is 0 Å². The van der Waals surface area contributed by atoms with Crippen LogP contribution in [0.3, 0.4) is 0 Å². The number of aryl methyl sites for hydroxylation is 2. The molecule has 3 heteroatoms. The summed E-state index contributed by atoms with van der Waals surface area (Å²) >= 11 is 0. The van der Waals surface area contributed by atoms with Crippen molar-refractivity contribution in [3.05, 3.63) is 58.9 Å². The van der Waals surface area contributed by atoms with Gasteiger partial charge < -0.3 is 10.6 Å². The van der Waals surface area contributed by atoms with Crippen molar-refractivity contribution in [2.75, 3.05) is 11.4 Å². The zero-order chi connectivity index (χ0) is 15.0. The van der Waals surface area contributed by atoms with E-state index in [2.05, 4.69) is 30.0 Å². The minimum Gasteiger partial charge on any atom is -0.341 e. The molecule has 2 N–H and O–H groups in total. The Bertz CT molecular complexity index is 664. The monoisotopic (exact) mass is 284 g/mol. The molecule has 110 valence electrons. The van der Waals surface area contributed by atoms with Gasteiger partial charge in [-0.25, -0.2) is 4.39 Å². The predicted molar refractivity (Wildman–Crippen MR) is 85.5 cm³/mol. The third kappa shape index (κ3) is 2.66. The van der Waals surface area contributed by atoms with E-state index in [-0.39, 0.29) is 11.9 Å². The average Bonchev–Trinajstić information content (AvgIpc) is 2.46. The lowest BCUT2D eigenvalue weighted by Crippen LogP contribution is -2.26. The number of anilines is 2. The first-order chi connectivity index (χ1) is 10.1. The molecule has 0 fully saturated rings. The smallest absolute Gasteiger partial charge is 0.123 e. The van der Waals surface area contributed by atoms with Crippen molar-refractivity contribution in [3.8, 4) is 0 Å². The minimum absolute atomic E-state index is 0.188. The van der Waals surface area contributed by atoms with E-state index >= 15 is 0 Å². The highest BCUT2D eigenvalue weighted by molar-refractivity contribution is 5.71. The second-order valence-electron chi connectivity index (χ2n) is 5.88. The van der Waals surface area contributed by atoms with Gasteiger partial charge in [0, 0.05) is 24.0 Å². The topological polar surface area (TPSA) is 29.3 Å². The van der Waals surface area contributed by atoms with Gasteiger partial charge in [0.05, 0.1) is 0 Å². The molecule has 2 nitrogen and oxygen atoms in total. The lowest BCUT2D eigenvalue weighted by molar-refractivity contribution is 0.621. The van der Waals surface area contributed by atoms with Crippen LogP contribution in [0.4, 0.5) is 15.8 Å². The summed E-state index contributed by atoms with van der Waals surface area (Å²) in [6.45, 7) is 4.96. The highest BCUT2D eigenvalue weighted by atomic mass is 19.1. The maximum absolute atomic E-state index is 13.5. The van der Waals surface area contributed by atoms with Crippen molar-refractivity contribution in [1.82, 2.24) is 0 Å². The van der Waals surface area contributed by atoms with Crippen LogP contribution in [0.1, 0.15) is 36.1 Å². The lowest BCUT2D eigenvalue weighted by Gasteiger charge is -2.33. The number of nitrogens with two attached hydrogens (primary N) is 1. The van der Waals surface area contributed by atoms with Crippen molar-refractivity contribution in [2.24, 2.45) is 5.73 Å². The van der Waals surface area contributed by atoms with Gasteiger partial charge in [-0.05, 0) is 62.1 Å². The first-order valence-corrected chi connectivity index (χ1v) is 7.48. The number of hydrogen-bond acceptors (Lipinski definition) is 2. The van der Waals surface area contributed by atoms with Crippen LogP contribution < -0.4 is 10.6 Å². The van der Waals surface area contributed by atoms with Crippen molar-refractivity contribution in [2.45, 2.75) is 32.7 Å². The molecule has 1 heterocycles. The summed E-state index contributed by atoms with van der Waals surface area (Å²) in [7, 11) is 0. The molecule has 0 aliphatic carbocycles. The average molecular weight is 284 g/mol. The second kappa shape index (κ2) is 5.49. The van der Waals surface area contributed by atoms with E-state index in [1.807, 2.05) is 13.0 Å². The summed E-state index contributed by atoms with van der Waals surface area (Å²) in [5.74, 6) is -0.229. The molecule has 2 aromatic rings. The van der Waals surface area contributed by atoms with Gasteiger partial charge in [-0.1, -0.05) is 17.7 Å². The van der Waals surface area contributed by atoms with Crippen LogP contribution in [0.5, 0.6) is 0 Å². The third-order valence-corrected chi connectivity index (χ3v) is 4.12. The number of hydrogen-bond donors (Lipinski definition) is 1. The van der Waals surface area contributed by atoms with Crippen LogP contribution in [-0.4, -0.2) is 6.54 Å². The zero-order valence-electron chi connectivity index (χ0n) is 12.6. The molecule has 3 rings (SSSR count). The summed E-state index contributed by atoms with van der Waals surface area (Å²) < 4.78 is 13.5. The SMILES string of the molecule is Cc1ccc2c(c1)CCCN2c1ccc(F)cc1C(C)N. The normalized spacial score (nSPS) is 15.7. The summed E-state index contributed by atoms with van der Waals surface area (Å²) in [4.78, 5) is 2.27. The van der Waals surface area contributed by atoms with E-state index in [1.165, 1.54) is 22.9 Å². The van der Waals surface area contributed by atoms with Gasteiger partial charge in [0.2, 0.25) is 0 Å². The van der Waals surface area contributed by atoms with E-state index in [0.29, 0.717) is 0 Å². The Morgan fingerprint density at radius 1 is 1.14 bits per heavy atom. The van der Waals surface area contributed by atoms with E-state index in [1.54, 1.807) is 6.07 Å². The Morgan fingerprint density at radius 3 is 2.67 bits per heavy atom. The maximum Gasteiger partial charge on any atom is 0.123 e. The second-order valence-corrected chi connectivity index (χ2v) is 5.88. The van der Waals surface area contributed by atoms with Gasteiger partial charge in [-0.3, -0.25) is 0 Å². The molecule has 0 aromatic heterocycles. The van der Waals surface area contributed by atoms with Crippen molar-refractivity contribution < 1.29 is 4.39 Å². The zero-order valence-corrected chi connectivity index (χ0v) is 12.6. The van der Waals surface area contributed by atoms with Crippen LogP contribution in [0.25, 0.3) is 0 Å². The Kier molecular flexibility index (Phi) is 3.68. The van der Waals surface area contributed by atoms with Gasteiger partial charge in [-0.15, -0.1) is 0 Å². The van der Waals surface area contributed by atoms with Crippen LogP contribution in [0.2, 0.25) is 0 Å². The molecule has 2 aromatic carbocycles. The fraction of sp³-hybridized carbons (Fsp3) is 0.333. The van der Waals surface area contributed by atoms with Crippen molar-refractivity contribution in [3.63, 3.8) is 0 Å². The number of rotatable bonds is 2. The maximum atomic E-state index is 13.5. The first-order valence-electron chi connectivity index (χ1n) is 7.48. The third-order valence-electron chi connectivity index (χ3n) is 4.12. The summed E-state index contributed by atoms with van der Waals surface area (Å²) in [5.41, 5.74) is 11.8. The molecule has 1 aliphatic rings. The molecule has 0 spiro atoms. The standard InChI is InChI=1S/C18H21FN2/c1-12-5-7-17-14(10-12)4-3-9-21(17)18-8-6-15(19)11-16(18)13(2)20/h5-8,10-11,13H,3-4,9,20H2,1-2H3. The van der Waals surface area contributed by atoms with Crippen molar-refractivity contribution in [1.29, 1.82) is 0 Å². The van der Waals surface area contributed by atoms with Gasteiger partial charge in [0.25, 0.3) is 0 Å². The van der Waals surface area contributed by atoms with Gasteiger partial charge >= 0.3 is 0 Å². The summed E-state index contributed by atoms with van der Waals surface area (Å²) in [6, 6.07) is 11.3.